The Labute approximate surface area is 147 Å². The first kappa shape index (κ1) is 18.2. The third-order valence-electron chi connectivity index (χ3n) is 4.72. The van der Waals surface area contributed by atoms with Crippen LogP contribution in [0.3, 0.4) is 0 Å². The molecule has 136 valence electrons. The van der Waals surface area contributed by atoms with Crippen LogP contribution in [0, 0.1) is 12.7 Å². The number of hydrogen-bond acceptors (Lipinski definition) is 3. The molecule has 25 heavy (non-hydrogen) atoms. The highest BCUT2D eigenvalue weighted by Crippen LogP contribution is 2.52. The van der Waals surface area contributed by atoms with Crippen LogP contribution in [0.25, 0.3) is 0 Å². The Hall–Kier alpha value is -1.63. The van der Waals surface area contributed by atoms with Gasteiger partial charge in [-0.2, -0.15) is 13.2 Å². The molecule has 7 heteroatoms. The van der Waals surface area contributed by atoms with Gasteiger partial charge in [0.15, 0.2) is 0 Å². The maximum absolute atomic E-state index is 13.8. The lowest BCUT2D eigenvalue weighted by Gasteiger charge is -2.37. The Bertz CT molecular complexity index is 735. The standard InChI is InChI=1S/C18H19F4NOS/c1-12-15(11-24-14-7-5-6-13(19)10-14)25-16(23-12)17(18(20,21)22)8-3-2-4-9-17/h5-7,10H,2-4,8-9,11H2,1H3. The quantitative estimate of drug-likeness (QED) is 0.619. The van der Waals surface area contributed by atoms with E-state index in [-0.39, 0.29) is 24.5 Å². The van der Waals surface area contributed by atoms with Crippen LogP contribution in [0.2, 0.25) is 0 Å². The number of aryl methyl sites for hydroxylation is 1. The average Bonchev–Trinajstić information content (AvgIpc) is 2.94. The molecule has 1 aliphatic rings. The number of thiazole rings is 1. The molecule has 0 aliphatic heterocycles. The number of alkyl halides is 3. The predicted octanol–water partition coefficient (Wildman–Crippen LogP) is 5.93. The van der Waals surface area contributed by atoms with E-state index in [1.165, 1.54) is 18.2 Å². The van der Waals surface area contributed by atoms with Crippen LogP contribution in [-0.2, 0) is 12.0 Å². The zero-order valence-corrected chi connectivity index (χ0v) is 14.6. The minimum atomic E-state index is -4.31. The number of halogens is 4. The van der Waals surface area contributed by atoms with Crippen molar-refractivity contribution in [3.8, 4) is 5.75 Å². The highest BCUT2D eigenvalue weighted by atomic mass is 32.1. The second-order valence-electron chi connectivity index (χ2n) is 6.41. The molecule has 1 aliphatic carbocycles. The van der Waals surface area contributed by atoms with E-state index in [4.69, 9.17) is 4.74 Å². The molecule has 1 aromatic heterocycles. The lowest BCUT2D eigenvalue weighted by Crippen LogP contribution is -2.43. The van der Waals surface area contributed by atoms with Gasteiger partial charge in [0.1, 0.15) is 28.6 Å². The Morgan fingerprint density at radius 2 is 1.92 bits per heavy atom. The molecule has 3 rings (SSSR count). The third kappa shape index (κ3) is 3.66. The third-order valence-corrected chi connectivity index (χ3v) is 6.05. The van der Waals surface area contributed by atoms with E-state index in [2.05, 4.69) is 4.98 Å². The monoisotopic (exact) mass is 373 g/mol. The lowest BCUT2D eigenvalue weighted by molar-refractivity contribution is -0.199. The molecule has 0 spiro atoms. The number of nitrogens with zero attached hydrogens (tertiary/aromatic N) is 1. The van der Waals surface area contributed by atoms with Crippen molar-refractivity contribution in [2.45, 2.75) is 57.2 Å². The Morgan fingerprint density at radius 1 is 1.20 bits per heavy atom. The molecule has 0 N–H and O–H groups in total. The van der Waals surface area contributed by atoms with Crippen molar-refractivity contribution in [2.24, 2.45) is 0 Å². The van der Waals surface area contributed by atoms with E-state index >= 15 is 0 Å². The van der Waals surface area contributed by atoms with Crippen molar-refractivity contribution in [1.82, 2.24) is 4.98 Å². The molecule has 2 aromatic rings. The summed E-state index contributed by atoms with van der Waals surface area (Å²) in [5, 5.41) is 0.134. The van der Waals surface area contributed by atoms with Gasteiger partial charge < -0.3 is 4.74 Å². The molecule has 1 fully saturated rings. The van der Waals surface area contributed by atoms with E-state index in [1.54, 1.807) is 13.0 Å². The normalized spacial score (nSPS) is 17.5. The van der Waals surface area contributed by atoms with Gasteiger partial charge in [-0.25, -0.2) is 9.37 Å². The van der Waals surface area contributed by atoms with Crippen LogP contribution in [0.15, 0.2) is 24.3 Å². The molecule has 1 aromatic carbocycles. The van der Waals surface area contributed by atoms with Gasteiger partial charge in [-0.3, -0.25) is 0 Å². The summed E-state index contributed by atoms with van der Waals surface area (Å²) >= 11 is 1.07. The number of aromatic nitrogens is 1. The molecule has 0 bridgehead atoms. The van der Waals surface area contributed by atoms with Gasteiger partial charge in [-0.05, 0) is 31.9 Å². The van der Waals surface area contributed by atoms with Crippen molar-refractivity contribution in [3.63, 3.8) is 0 Å². The van der Waals surface area contributed by atoms with Crippen molar-refractivity contribution < 1.29 is 22.3 Å². The van der Waals surface area contributed by atoms with Crippen LogP contribution in [0.5, 0.6) is 5.75 Å². The smallest absolute Gasteiger partial charge is 0.400 e. The summed E-state index contributed by atoms with van der Waals surface area (Å²) in [7, 11) is 0. The molecular formula is C18H19F4NOS. The molecule has 0 radical (unpaired) electrons. The van der Waals surface area contributed by atoms with Gasteiger partial charge in [0, 0.05) is 6.07 Å². The van der Waals surface area contributed by atoms with Crippen LogP contribution in [0.4, 0.5) is 17.6 Å². The lowest BCUT2D eigenvalue weighted by atomic mass is 9.74. The predicted molar refractivity (Wildman–Crippen MR) is 88.4 cm³/mol. The second-order valence-corrected chi connectivity index (χ2v) is 7.50. The van der Waals surface area contributed by atoms with E-state index < -0.39 is 17.4 Å². The molecule has 0 saturated heterocycles. The topological polar surface area (TPSA) is 22.1 Å². The van der Waals surface area contributed by atoms with Crippen LogP contribution in [-0.4, -0.2) is 11.2 Å². The molecular weight excluding hydrogens is 354 g/mol. The highest BCUT2D eigenvalue weighted by Gasteiger charge is 2.57. The Morgan fingerprint density at radius 3 is 2.56 bits per heavy atom. The molecule has 1 saturated carbocycles. The van der Waals surface area contributed by atoms with E-state index in [0.29, 0.717) is 29.2 Å². The van der Waals surface area contributed by atoms with Crippen molar-refractivity contribution in [3.05, 3.63) is 45.7 Å². The largest absolute Gasteiger partial charge is 0.488 e. The fourth-order valence-electron chi connectivity index (χ4n) is 3.25. The summed E-state index contributed by atoms with van der Waals surface area (Å²) in [5.41, 5.74) is -1.29. The molecule has 0 amide bonds. The van der Waals surface area contributed by atoms with Crippen LogP contribution < -0.4 is 4.74 Å². The second kappa shape index (κ2) is 6.94. The zero-order valence-electron chi connectivity index (χ0n) is 13.8. The van der Waals surface area contributed by atoms with Crippen LogP contribution in [0.1, 0.15) is 47.7 Å². The van der Waals surface area contributed by atoms with Gasteiger partial charge in [-0.1, -0.05) is 25.3 Å². The maximum atomic E-state index is 13.8. The summed E-state index contributed by atoms with van der Waals surface area (Å²) in [6.07, 6.45) is -2.17. The summed E-state index contributed by atoms with van der Waals surface area (Å²) in [6, 6.07) is 5.68. The summed E-state index contributed by atoms with van der Waals surface area (Å²) < 4.78 is 60.1. The molecule has 1 heterocycles. The Balaban J connectivity index is 1.83. The summed E-state index contributed by atoms with van der Waals surface area (Å²) in [6.45, 7) is 1.78. The van der Waals surface area contributed by atoms with Gasteiger partial charge in [-0.15, -0.1) is 11.3 Å². The Kier molecular flexibility index (Phi) is 5.04. The van der Waals surface area contributed by atoms with Crippen molar-refractivity contribution in [2.75, 3.05) is 0 Å². The fourth-order valence-corrected chi connectivity index (χ4v) is 4.49. The SMILES string of the molecule is Cc1nc(C2(C(F)(F)F)CCCCC2)sc1COc1cccc(F)c1. The average molecular weight is 373 g/mol. The zero-order chi connectivity index (χ0) is 18.1. The van der Waals surface area contributed by atoms with Crippen LogP contribution >= 0.6 is 11.3 Å². The number of hydrogen-bond donors (Lipinski definition) is 0. The van der Waals surface area contributed by atoms with Gasteiger partial charge in [0.05, 0.1) is 10.6 Å². The molecule has 0 unspecified atom stereocenters. The van der Waals surface area contributed by atoms with Crippen molar-refractivity contribution in [1.29, 1.82) is 0 Å². The number of benzene rings is 1. The summed E-state index contributed by atoms with van der Waals surface area (Å²) in [5.74, 6) is -0.0741. The highest BCUT2D eigenvalue weighted by molar-refractivity contribution is 7.11. The number of rotatable bonds is 4. The van der Waals surface area contributed by atoms with Gasteiger partial charge in [0.2, 0.25) is 0 Å². The molecule has 2 nitrogen and oxygen atoms in total. The first-order valence-electron chi connectivity index (χ1n) is 8.24. The summed E-state index contributed by atoms with van der Waals surface area (Å²) in [4.78, 5) is 4.89. The van der Waals surface area contributed by atoms with E-state index in [0.717, 1.165) is 17.8 Å². The molecule has 0 atom stereocenters. The number of ether oxygens (including phenoxy) is 1. The van der Waals surface area contributed by atoms with Gasteiger partial charge in [0.25, 0.3) is 0 Å². The maximum Gasteiger partial charge on any atom is 0.400 e. The van der Waals surface area contributed by atoms with E-state index in [1.807, 2.05) is 0 Å². The van der Waals surface area contributed by atoms with Gasteiger partial charge >= 0.3 is 6.18 Å². The van der Waals surface area contributed by atoms with E-state index in [9.17, 15) is 17.6 Å². The fraction of sp³-hybridized carbons (Fsp3) is 0.500. The first-order chi connectivity index (χ1) is 11.8. The van der Waals surface area contributed by atoms with Crippen molar-refractivity contribution >= 4 is 11.3 Å². The first-order valence-corrected chi connectivity index (χ1v) is 9.05. The minimum Gasteiger partial charge on any atom is -0.488 e. The minimum absolute atomic E-state index is 0.0842.